The third kappa shape index (κ3) is 2.54. The molecule has 0 spiro atoms. The largest absolute Gasteiger partial charge is 0.505 e. The summed E-state index contributed by atoms with van der Waals surface area (Å²) in [6.07, 6.45) is 2.29. The zero-order valence-electron chi connectivity index (χ0n) is 14.5. The smallest absolute Gasteiger partial charge is 0.255 e. The molecule has 0 fully saturated rings. The van der Waals surface area contributed by atoms with E-state index >= 15 is 0 Å². The average Bonchev–Trinajstić information content (AvgIpc) is 2.98. The van der Waals surface area contributed by atoms with E-state index in [9.17, 15) is 14.3 Å². The third-order valence-corrected chi connectivity index (χ3v) is 4.67. The SMILES string of the molecule is CN(C)c1c2c(c(O)c3ncc(Cc4ccc(F)cc4)cc13)C(=O)NC2. The number of carbonyl (C=O) groups excluding carboxylic acids is 1. The molecule has 0 atom stereocenters. The quantitative estimate of drug-likeness (QED) is 0.761. The minimum atomic E-state index is -0.278. The second-order valence-corrected chi connectivity index (χ2v) is 6.67. The van der Waals surface area contributed by atoms with Crippen LogP contribution in [0.3, 0.4) is 0 Å². The van der Waals surface area contributed by atoms with Crippen LogP contribution in [0.1, 0.15) is 27.0 Å². The molecule has 2 N–H and O–H groups in total. The van der Waals surface area contributed by atoms with Crippen molar-refractivity contribution >= 4 is 22.5 Å². The molecule has 3 aromatic rings. The lowest BCUT2D eigenvalue weighted by Crippen LogP contribution is -2.13. The Morgan fingerprint density at radius 1 is 1.23 bits per heavy atom. The third-order valence-electron chi connectivity index (χ3n) is 4.67. The van der Waals surface area contributed by atoms with Crippen LogP contribution in [-0.4, -0.2) is 30.1 Å². The van der Waals surface area contributed by atoms with Crippen molar-refractivity contribution in [1.29, 1.82) is 0 Å². The average molecular weight is 351 g/mol. The first kappa shape index (κ1) is 16.3. The van der Waals surface area contributed by atoms with E-state index in [0.717, 1.165) is 27.8 Å². The maximum absolute atomic E-state index is 13.1. The number of benzene rings is 2. The first-order chi connectivity index (χ1) is 12.5. The molecule has 0 saturated heterocycles. The van der Waals surface area contributed by atoms with Crippen molar-refractivity contribution in [3.8, 4) is 5.75 Å². The number of nitrogens with one attached hydrogen (secondary N) is 1. The summed E-state index contributed by atoms with van der Waals surface area (Å²) in [7, 11) is 3.81. The number of carbonyl (C=O) groups is 1. The van der Waals surface area contributed by atoms with Gasteiger partial charge in [0.25, 0.3) is 5.91 Å². The number of anilines is 1. The van der Waals surface area contributed by atoms with Crippen molar-refractivity contribution in [1.82, 2.24) is 10.3 Å². The normalized spacial score (nSPS) is 13.0. The highest BCUT2D eigenvalue weighted by Crippen LogP contribution is 2.41. The molecule has 1 aliphatic heterocycles. The molecule has 0 radical (unpaired) electrons. The number of phenols is 1. The molecule has 0 unspecified atom stereocenters. The zero-order valence-corrected chi connectivity index (χ0v) is 14.5. The summed E-state index contributed by atoms with van der Waals surface area (Å²) in [4.78, 5) is 18.4. The number of rotatable bonds is 3. The molecular formula is C20H18FN3O2. The number of hydrogen-bond acceptors (Lipinski definition) is 4. The van der Waals surface area contributed by atoms with E-state index < -0.39 is 0 Å². The molecule has 5 nitrogen and oxygen atoms in total. The van der Waals surface area contributed by atoms with Crippen LogP contribution >= 0.6 is 0 Å². The van der Waals surface area contributed by atoms with Crippen LogP contribution in [0.4, 0.5) is 10.1 Å². The summed E-state index contributed by atoms with van der Waals surface area (Å²) < 4.78 is 13.1. The molecule has 2 heterocycles. The Morgan fingerprint density at radius 3 is 2.65 bits per heavy atom. The number of nitrogens with zero attached hydrogens (tertiary/aromatic N) is 2. The molecule has 26 heavy (non-hydrogen) atoms. The highest BCUT2D eigenvalue weighted by molar-refractivity contribution is 6.11. The molecule has 0 aliphatic carbocycles. The van der Waals surface area contributed by atoms with Gasteiger partial charge < -0.3 is 15.3 Å². The van der Waals surface area contributed by atoms with Gasteiger partial charge >= 0.3 is 0 Å². The lowest BCUT2D eigenvalue weighted by molar-refractivity contribution is 0.0963. The Labute approximate surface area is 150 Å². The standard InChI is InChI=1S/C20H18FN3O2/c1-24(2)18-14-8-12(7-11-3-5-13(21)6-4-11)9-22-17(14)19(25)16-15(18)10-23-20(16)26/h3-6,8-9,25H,7,10H2,1-2H3,(H,23,26). The van der Waals surface area contributed by atoms with Gasteiger partial charge in [-0.2, -0.15) is 0 Å². The molecule has 132 valence electrons. The highest BCUT2D eigenvalue weighted by atomic mass is 19.1. The number of hydrogen-bond donors (Lipinski definition) is 2. The predicted molar refractivity (Wildman–Crippen MR) is 98.1 cm³/mol. The van der Waals surface area contributed by atoms with Crippen molar-refractivity contribution in [3.05, 3.63) is 64.6 Å². The van der Waals surface area contributed by atoms with Gasteiger partial charge in [-0.3, -0.25) is 9.78 Å². The van der Waals surface area contributed by atoms with Gasteiger partial charge in [-0.15, -0.1) is 0 Å². The van der Waals surface area contributed by atoms with E-state index in [1.165, 1.54) is 12.1 Å². The van der Waals surface area contributed by atoms with Crippen molar-refractivity contribution in [3.63, 3.8) is 0 Å². The van der Waals surface area contributed by atoms with Gasteiger partial charge in [0.1, 0.15) is 11.3 Å². The summed E-state index contributed by atoms with van der Waals surface area (Å²) in [6, 6.07) is 8.34. The van der Waals surface area contributed by atoms with Crippen LogP contribution in [0.15, 0.2) is 36.5 Å². The monoisotopic (exact) mass is 351 g/mol. The molecule has 6 heteroatoms. The predicted octanol–water partition coefficient (Wildman–Crippen LogP) is 2.98. The summed E-state index contributed by atoms with van der Waals surface area (Å²) in [6.45, 7) is 0.382. The van der Waals surface area contributed by atoms with E-state index in [-0.39, 0.29) is 17.5 Å². The Hall–Kier alpha value is -3.15. The number of fused-ring (bicyclic) bond motifs is 2. The van der Waals surface area contributed by atoms with Gasteiger partial charge in [0.2, 0.25) is 0 Å². The van der Waals surface area contributed by atoms with E-state index in [4.69, 9.17) is 0 Å². The molecule has 0 bridgehead atoms. The number of aromatic nitrogens is 1. The molecular weight excluding hydrogens is 333 g/mol. The Morgan fingerprint density at radius 2 is 1.96 bits per heavy atom. The highest BCUT2D eigenvalue weighted by Gasteiger charge is 2.30. The number of pyridine rings is 1. The van der Waals surface area contributed by atoms with E-state index in [1.807, 2.05) is 25.1 Å². The maximum Gasteiger partial charge on any atom is 0.255 e. The summed E-state index contributed by atoms with van der Waals surface area (Å²) in [5.74, 6) is -0.624. The minimum absolute atomic E-state index is 0.0797. The first-order valence-electron chi connectivity index (χ1n) is 8.32. The molecule has 1 aromatic heterocycles. The van der Waals surface area contributed by atoms with Crippen LogP contribution in [0, 0.1) is 5.82 Å². The molecule has 4 rings (SSSR count). The second-order valence-electron chi connectivity index (χ2n) is 6.67. The summed E-state index contributed by atoms with van der Waals surface area (Å²) >= 11 is 0. The number of phenolic OH excluding ortho intramolecular Hbond substituents is 1. The molecule has 1 aliphatic rings. The van der Waals surface area contributed by atoms with Crippen molar-refractivity contribution in [2.45, 2.75) is 13.0 Å². The fraction of sp³-hybridized carbons (Fsp3) is 0.200. The van der Waals surface area contributed by atoms with Crippen molar-refractivity contribution < 1.29 is 14.3 Å². The number of halogens is 1. The Bertz CT molecular complexity index is 1030. The van der Waals surface area contributed by atoms with E-state index in [0.29, 0.717) is 24.0 Å². The van der Waals surface area contributed by atoms with Gasteiger partial charge in [0.05, 0.1) is 11.3 Å². The summed E-state index contributed by atoms with van der Waals surface area (Å²) in [5.41, 5.74) is 4.29. The minimum Gasteiger partial charge on any atom is -0.505 e. The van der Waals surface area contributed by atoms with Gasteiger partial charge in [0.15, 0.2) is 5.75 Å². The molecule has 2 aromatic carbocycles. The zero-order chi connectivity index (χ0) is 18.4. The van der Waals surface area contributed by atoms with Gasteiger partial charge in [-0.25, -0.2) is 4.39 Å². The Balaban J connectivity index is 1.88. The van der Waals surface area contributed by atoms with Crippen LogP contribution in [0.2, 0.25) is 0 Å². The maximum atomic E-state index is 13.1. The van der Waals surface area contributed by atoms with Crippen LogP contribution in [0.25, 0.3) is 10.9 Å². The van der Waals surface area contributed by atoms with Gasteiger partial charge in [-0.05, 0) is 35.7 Å². The number of aromatic hydroxyl groups is 1. The fourth-order valence-electron chi connectivity index (χ4n) is 3.54. The van der Waals surface area contributed by atoms with Crippen LogP contribution in [-0.2, 0) is 13.0 Å². The van der Waals surface area contributed by atoms with E-state index in [2.05, 4.69) is 10.3 Å². The second kappa shape index (κ2) is 5.98. The first-order valence-corrected chi connectivity index (χ1v) is 8.32. The number of amides is 1. The lowest BCUT2D eigenvalue weighted by atomic mass is 9.98. The van der Waals surface area contributed by atoms with Crippen LogP contribution in [0.5, 0.6) is 5.75 Å². The molecule has 1 amide bonds. The van der Waals surface area contributed by atoms with Crippen molar-refractivity contribution in [2.75, 3.05) is 19.0 Å². The topological polar surface area (TPSA) is 65.5 Å². The van der Waals surface area contributed by atoms with Crippen LogP contribution < -0.4 is 10.2 Å². The van der Waals surface area contributed by atoms with Crippen molar-refractivity contribution in [2.24, 2.45) is 0 Å². The van der Waals surface area contributed by atoms with E-state index in [1.54, 1.807) is 18.3 Å². The molecule has 0 saturated carbocycles. The fourth-order valence-corrected chi connectivity index (χ4v) is 3.54. The lowest BCUT2D eigenvalue weighted by Gasteiger charge is -2.20. The van der Waals surface area contributed by atoms with Gasteiger partial charge in [0, 0.05) is 37.8 Å². The summed E-state index contributed by atoms with van der Waals surface area (Å²) in [5, 5.41) is 14.1. The van der Waals surface area contributed by atoms with Gasteiger partial charge in [-0.1, -0.05) is 12.1 Å². The Kier molecular flexibility index (Phi) is 3.76.